The molecule has 0 amide bonds. The second-order valence-corrected chi connectivity index (χ2v) is 12.7. The number of hydrogen-bond acceptors (Lipinski definition) is 5. The number of alkyl halides is 2. The number of fused-ring (bicyclic) bond motifs is 2. The zero-order valence-electron chi connectivity index (χ0n) is 22.9. The SMILES string of the molecule is Cn1ncc(-c2ccc3c(=O)[nH]nc([C@@H](CC(F)F)NS(=O)C(C)(C)C)c3c2)c1-c1ccc2ccccc2c1C#N. The summed E-state index contributed by atoms with van der Waals surface area (Å²) in [5.74, 6) is 0. The molecule has 1 unspecified atom stereocenters. The highest BCUT2D eigenvalue weighted by atomic mass is 32.2. The fraction of sp³-hybridized carbons (Fsp3) is 0.267. The normalized spacial score (nSPS) is 13.5. The van der Waals surface area contributed by atoms with Gasteiger partial charge in [-0.2, -0.15) is 15.5 Å². The van der Waals surface area contributed by atoms with E-state index < -0.39 is 40.2 Å². The molecular formula is C30H28F2N6O2S. The molecule has 0 saturated carbocycles. The lowest BCUT2D eigenvalue weighted by Gasteiger charge is -2.24. The molecule has 5 rings (SSSR count). The van der Waals surface area contributed by atoms with Crippen molar-refractivity contribution in [1.29, 1.82) is 5.26 Å². The fourth-order valence-electron chi connectivity index (χ4n) is 4.88. The van der Waals surface area contributed by atoms with E-state index in [1.165, 1.54) is 0 Å². The maximum Gasteiger partial charge on any atom is 0.272 e. The van der Waals surface area contributed by atoms with Gasteiger partial charge in [-0.3, -0.25) is 9.48 Å². The summed E-state index contributed by atoms with van der Waals surface area (Å²) in [7, 11) is 0.102. The van der Waals surface area contributed by atoms with Crippen LogP contribution in [0.3, 0.4) is 0 Å². The molecule has 0 bridgehead atoms. The van der Waals surface area contributed by atoms with E-state index in [1.807, 2.05) is 36.4 Å². The number of halogens is 2. The molecule has 5 aromatic rings. The lowest BCUT2D eigenvalue weighted by molar-refractivity contribution is 0.125. The number of benzene rings is 3. The topological polar surface area (TPSA) is 116 Å². The van der Waals surface area contributed by atoms with Gasteiger partial charge in [0.2, 0.25) is 6.43 Å². The molecule has 2 N–H and O–H groups in total. The Morgan fingerprint density at radius 1 is 1.07 bits per heavy atom. The lowest BCUT2D eigenvalue weighted by Crippen LogP contribution is -2.37. The Morgan fingerprint density at radius 2 is 1.83 bits per heavy atom. The molecule has 0 aliphatic heterocycles. The van der Waals surface area contributed by atoms with Gasteiger partial charge >= 0.3 is 0 Å². The molecule has 2 heterocycles. The van der Waals surface area contributed by atoms with Crippen LogP contribution < -0.4 is 10.3 Å². The predicted molar refractivity (Wildman–Crippen MR) is 157 cm³/mol. The maximum absolute atomic E-state index is 13.7. The van der Waals surface area contributed by atoms with Gasteiger partial charge in [0.1, 0.15) is 6.07 Å². The molecule has 0 aliphatic carbocycles. The number of rotatable bonds is 7. The monoisotopic (exact) mass is 574 g/mol. The van der Waals surface area contributed by atoms with Crippen LogP contribution in [0.15, 0.2) is 65.6 Å². The molecule has 11 heteroatoms. The molecule has 2 aromatic heterocycles. The number of nitrogens with zero attached hydrogens (tertiary/aromatic N) is 4. The summed E-state index contributed by atoms with van der Waals surface area (Å²) in [6.07, 6.45) is -1.70. The van der Waals surface area contributed by atoms with E-state index in [4.69, 9.17) is 0 Å². The standard InChI is InChI=1S/C30H28F2N6O2S/c1-30(2,3)41(40)37-25(14-26(31)32)27-22-13-18(10-12-21(22)29(39)36-35-27)24-16-34-38(4)28(24)20-11-9-17-7-5-6-8-19(17)23(20)15-33/h5-13,16,25-26,37H,14H2,1-4H3,(H,36,39)/t25-,41?/m1/s1. The van der Waals surface area contributed by atoms with Gasteiger partial charge in [0, 0.05) is 35.4 Å². The Hall–Kier alpha value is -4.27. The van der Waals surface area contributed by atoms with Crippen molar-refractivity contribution in [2.24, 2.45) is 7.05 Å². The highest BCUT2D eigenvalue weighted by Gasteiger charge is 2.28. The van der Waals surface area contributed by atoms with Crippen LogP contribution in [0.4, 0.5) is 8.78 Å². The van der Waals surface area contributed by atoms with E-state index in [0.717, 1.165) is 10.8 Å². The van der Waals surface area contributed by atoms with Crippen molar-refractivity contribution < 1.29 is 13.0 Å². The third-order valence-corrected chi connectivity index (χ3v) is 8.52. The van der Waals surface area contributed by atoms with Crippen LogP contribution >= 0.6 is 0 Å². The second kappa shape index (κ2) is 11.0. The van der Waals surface area contributed by atoms with E-state index in [-0.39, 0.29) is 11.1 Å². The van der Waals surface area contributed by atoms with Gasteiger partial charge < -0.3 is 0 Å². The third kappa shape index (κ3) is 5.40. The van der Waals surface area contributed by atoms with Gasteiger partial charge in [0.25, 0.3) is 5.56 Å². The van der Waals surface area contributed by atoms with Crippen LogP contribution in [0.2, 0.25) is 0 Å². The summed E-state index contributed by atoms with van der Waals surface area (Å²) in [6.45, 7) is 5.20. The molecule has 2 atom stereocenters. The van der Waals surface area contributed by atoms with Crippen molar-refractivity contribution in [3.05, 3.63) is 82.4 Å². The van der Waals surface area contributed by atoms with Crippen LogP contribution in [-0.4, -0.2) is 35.4 Å². The zero-order chi connectivity index (χ0) is 29.5. The van der Waals surface area contributed by atoms with Crippen molar-refractivity contribution in [1.82, 2.24) is 24.7 Å². The van der Waals surface area contributed by atoms with Gasteiger partial charge in [-0.15, -0.1) is 0 Å². The van der Waals surface area contributed by atoms with Crippen molar-refractivity contribution in [2.45, 2.75) is 44.4 Å². The minimum atomic E-state index is -2.71. The van der Waals surface area contributed by atoms with Crippen LogP contribution in [0.1, 0.15) is 44.5 Å². The molecule has 0 radical (unpaired) electrons. The number of aryl methyl sites for hydroxylation is 1. The number of aromatic nitrogens is 4. The molecule has 41 heavy (non-hydrogen) atoms. The average molecular weight is 575 g/mol. The van der Waals surface area contributed by atoms with E-state index >= 15 is 0 Å². The predicted octanol–water partition coefficient (Wildman–Crippen LogP) is 5.76. The van der Waals surface area contributed by atoms with Gasteiger partial charge in [-0.05, 0) is 43.9 Å². The van der Waals surface area contributed by atoms with Crippen molar-refractivity contribution >= 4 is 32.5 Å². The molecule has 0 aliphatic rings. The van der Waals surface area contributed by atoms with Crippen molar-refractivity contribution in [2.75, 3.05) is 0 Å². The number of aromatic amines is 1. The summed E-state index contributed by atoms with van der Waals surface area (Å²) in [5.41, 5.74) is 2.89. The third-order valence-electron chi connectivity index (χ3n) is 6.91. The van der Waals surface area contributed by atoms with Crippen LogP contribution in [0.25, 0.3) is 43.9 Å². The fourth-order valence-corrected chi connectivity index (χ4v) is 5.70. The highest BCUT2D eigenvalue weighted by Crippen LogP contribution is 2.38. The quantitative estimate of drug-likeness (QED) is 0.256. The van der Waals surface area contributed by atoms with Gasteiger partial charge in [-0.1, -0.05) is 42.5 Å². The van der Waals surface area contributed by atoms with Gasteiger partial charge in [0.15, 0.2) is 0 Å². The summed E-state index contributed by atoms with van der Waals surface area (Å²) < 4.78 is 44.0. The number of nitriles is 1. The number of nitrogens with one attached hydrogen (secondary N) is 2. The summed E-state index contributed by atoms with van der Waals surface area (Å²) in [4.78, 5) is 12.7. The smallest absolute Gasteiger partial charge is 0.267 e. The molecule has 210 valence electrons. The Morgan fingerprint density at radius 3 is 2.54 bits per heavy atom. The summed E-state index contributed by atoms with van der Waals surface area (Å²) in [6, 6.07) is 17.8. The molecule has 8 nitrogen and oxygen atoms in total. The largest absolute Gasteiger partial charge is 0.272 e. The Labute approximate surface area is 237 Å². The van der Waals surface area contributed by atoms with Crippen molar-refractivity contribution in [3.8, 4) is 28.5 Å². The molecular weight excluding hydrogens is 546 g/mol. The summed E-state index contributed by atoms with van der Waals surface area (Å²) in [5, 5.41) is 23.5. The molecule has 0 fully saturated rings. The average Bonchev–Trinajstić information content (AvgIpc) is 3.32. The molecule has 0 spiro atoms. The number of hydrogen-bond donors (Lipinski definition) is 2. The highest BCUT2D eigenvalue weighted by molar-refractivity contribution is 7.84. The first-order chi connectivity index (χ1) is 19.5. The Bertz CT molecular complexity index is 1900. The minimum absolute atomic E-state index is 0.160. The summed E-state index contributed by atoms with van der Waals surface area (Å²) >= 11 is 0. The van der Waals surface area contributed by atoms with E-state index in [0.29, 0.717) is 33.3 Å². The first kappa shape index (κ1) is 28.3. The van der Waals surface area contributed by atoms with Gasteiger partial charge in [0.05, 0.1) is 50.3 Å². The lowest BCUT2D eigenvalue weighted by atomic mass is 9.93. The molecule has 0 saturated heterocycles. The first-order valence-electron chi connectivity index (χ1n) is 12.9. The first-order valence-corrected chi connectivity index (χ1v) is 14.1. The van der Waals surface area contributed by atoms with E-state index in [2.05, 4.69) is 26.1 Å². The maximum atomic E-state index is 13.7. The van der Waals surface area contributed by atoms with Crippen LogP contribution in [0, 0.1) is 11.3 Å². The van der Waals surface area contributed by atoms with Crippen LogP contribution in [-0.2, 0) is 18.0 Å². The Kier molecular flexibility index (Phi) is 7.55. The second-order valence-electron chi connectivity index (χ2n) is 10.7. The number of H-pyrrole nitrogens is 1. The Balaban J connectivity index is 1.70. The van der Waals surface area contributed by atoms with Gasteiger partial charge in [-0.25, -0.2) is 22.8 Å². The molecule has 3 aromatic carbocycles. The van der Waals surface area contributed by atoms with E-state index in [9.17, 15) is 23.0 Å². The van der Waals surface area contributed by atoms with Crippen molar-refractivity contribution in [3.63, 3.8) is 0 Å². The zero-order valence-corrected chi connectivity index (χ0v) is 23.7. The van der Waals surface area contributed by atoms with Crippen LogP contribution in [0.5, 0.6) is 0 Å². The van der Waals surface area contributed by atoms with E-state index in [1.54, 1.807) is 56.9 Å². The minimum Gasteiger partial charge on any atom is -0.267 e.